The van der Waals surface area contributed by atoms with Crippen molar-refractivity contribution in [1.82, 2.24) is 4.57 Å². The van der Waals surface area contributed by atoms with Crippen LogP contribution in [0.1, 0.15) is 24.2 Å². The molecule has 1 aromatic carbocycles. The summed E-state index contributed by atoms with van der Waals surface area (Å²) in [7, 11) is 2.02. The Hall–Kier alpha value is -1.32. The van der Waals surface area contributed by atoms with E-state index in [0.717, 1.165) is 10.9 Å². The third-order valence-corrected chi connectivity index (χ3v) is 3.02. The number of nitrogens with zero attached hydrogens (tertiary/aromatic N) is 1. The standard InChI is InChI=1S/C13H18N2O/c1-8-6-11(13(16)9(2)14)7-10-4-5-15(3)12(8)10/h4-7,9,13,16H,14H2,1-3H3. The molecule has 0 aliphatic carbocycles. The number of nitrogens with two attached hydrogens (primary N) is 1. The van der Waals surface area contributed by atoms with Gasteiger partial charge in [0.1, 0.15) is 0 Å². The molecule has 2 rings (SSSR count). The molecule has 16 heavy (non-hydrogen) atoms. The fourth-order valence-electron chi connectivity index (χ4n) is 2.19. The zero-order valence-electron chi connectivity index (χ0n) is 9.94. The van der Waals surface area contributed by atoms with Crippen molar-refractivity contribution in [3.63, 3.8) is 0 Å². The van der Waals surface area contributed by atoms with Crippen LogP contribution in [-0.4, -0.2) is 15.7 Å². The van der Waals surface area contributed by atoms with Crippen LogP contribution in [0.15, 0.2) is 24.4 Å². The molecule has 0 fully saturated rings. The van der Waals surface area contributed by atoms with Crippen LogP contribution < -0.4 is 5.73 Å². The average Bonchev–Trinajstić information content (AvgIpc) is 2.59. The van der Waals surface area contributed by atoms with Crippen LogP contribution in [-0.2, 0) is 7.05 Å². The van der Waals surface area contributed by atoms with Gasteiger partial charge in [-0.1, -0.05) is 6.07 Å². The summed E-state index contributed by atoms with van der Waals surface area (Å²) in [5.74, 6) is 0. The molecule has 0 bridgehead atoms. The summed E-state index contributed by atoms with van der Waals surface area (Å²) in [6, 6.07) is 5.83. The van der Waals surface area contributed by atoms with E-state index in [1.54, 1.807) is 0 Å². The fourth-order valence-corrected chi connectivity index (χ4v) is 2.19. The topological polar surface area (TPSA) is 51.2 Å². The maximum absolute atomic E-state index is 9.96. The van der Waals surface area contributed by atoms with Gasteiger partial charge in [-0.3, -0.25) is 0 Å². The number of hydrogen-bond acceptors (Lipinski definition) is 2. The van der Waals surface area contributed by atoms with Crippen LogP contribution in [0.25, 0.3) is 10.9 Å². The fraction of sp³-hybridized carbons (Fsp3) is 0.385. The number of hydrogen-bond donors (Lipinski definition) is 2. The monoisotopic (exact) mass is 218 g/mol. The molecule has 0 radical (unpaired) electrons. The van der Waals surface area contributed by atoms with Crippen molar-refractivity contribution in [2.45, 2.75) is 26.0 Å². The molecule has 2 aromatic rings. The van der Waals surface area contributed by atoms with Gasteiger partial charge in [0.15, 0.2) is 0 Å². The first kappa shape index (κ1) is 11.2. The number of benzene rings is 1. The molecule has 86 valence electrons. The summed E-state index contributed by atoms with van der Waals surface area (Å²) in [5, 5.41) is 11.1. The van der Waals surface area contributed by atoms with E-state index in [4.69, 9.17) is 5.73 Å². The van der Waals surface area contributed by atoms with Gasteiger partial charge in [-0.2, -0.15) is 0 Å². The first-order valence-electron chi connectivity index (χ1n) is 5.50. The first-order chi connectivity index (χ1) is 7.50. The molecule has 3 heteroatoms. The Labute approximate surface area is 95.5 Å². The van der Waals surface area contributed by atoms with Crippen LogP contribution in [0.5, 0.6) is 0 Å². The summed E-state index contributed by atoms with van der Waals surface area (Å²) < 4.78 is 2.09. The summed E-state index contributed by atoms with van der Waals surface area (Å²) in [4.78, 5) is 0. The van der Waals surface area contributed by atoms with Gasteiger partial charge >= 0.3 is 0 Å². The van der Waals surface area contributed by atoms with E-state index >= 15 is 0 Å². The van der Waals surface area contributed by atoms with Gasteiger partial charge in [0.25, 0.3) is 0 Å². The first-order valence-corrected chi connectivity index (χ1v) is 5.50. The highest BCUT2D eigenvalue weighted by Crippen LogP contribution is 2.25. The van der Waals surface area contributed by atoms with Crippen molar-refractivity contribution < 1.29 is 5.11 Å². The highest BCUT2D eigenvalue weighted by molar-refractivity contribution is 5.84. The Morgan fingerprint density at radius 3 is 2.69 bits per heavy atom. The predicted octanol–water partition coefficient (Wildman–Crippen LogP) is 1.87. The van der Waals surface area contributed by atoms with E-state index in [2.05, 4.69) is 17.6 Å². The number of rotatable bonds is 2. The lowest BCUT2D eigenvalue weighted by Gasteiger charge is -2.16. The van der Waals surface area contributed by atoms with Gasteiger partial charge in [-0.05, 0) is 37.1 Å². The van der Waals surface area contributed by atoms with Crippen molar-refractivity contribution in [3.05, 3.63) is 35.5 Å². The minimum Gasteiger partial charge on any atom is -0.387 e. The zero-order chi connectivity index (χ0) is 11.9. The van der Waals surface area contributed by atoms with Gasteiger partial charge in [0.2, 0.25) is 0 Å². The van der Waals surface area contributed by atoms with E-state index in [1.807, 2.05) is 32.3 Å². The highest BCUT2D eigenvalue weighted by Gasteiger charge is 2.14. The molecule has 2 unspecified atom stereocenters. The molecule has 1 heterocycles. The lowest BCUT2D eigenvalue weighted by Crippen LogP contribution is -2.24. The number of aliphatic hydroxyl groups is 1. The number of aryl methyl sites for hydroxylation is 2. The molecule has 2 atom stereocenters. The van der Waals surface area contributed by atoms with E-state index in [1.165, 1.54) is 11.1 Å². The number of aliphatic hydroxyl groups excluding tert-OH is 1. The molecular weight excluding hydrogens is 200 g/mol. The molecule has 0 aliphatic rings. The number of fused-ring (bicyclic) bond motifs is 1. The Morgan fingerprint density at radius 1 is 1.38 bits per heavy atom. The lowest BCUT2D eigenvalue weighted by molar-refractivity contribution is 0.153. The zero-order valence-corrected chi connectivity index (χ0v) is 9.94. The smallest absolute Gasteiger partial charge is 0.0938 e. The molecular formula is C13H18N2O. The van der Waals surface area contributed by atoms with Crippen LogP contribution in [0.4, 0.5) is 0 Å². The van der Waals surface area contributed by atoms with Crippen LogP contribution >= 0.6 is 0 Å². The third kappa shape index (κ3) is 1.72. The summed E-state index contributed by atoms with van der Waals surface area (Å²) >= 11 is 0. The van der Waals surface area contributed by atoms with E-state index in [9.17, 15) is 5.11 Å². The minimum atomic E-state index is -0.594. The Kier molecular flexibility index (Phi) is 2.74. The second-order valence-corrected chi connectivity index (χ2v) is 4.51. The molecule has 0 saturated heterocycles. The molecule has 0 saturated carbocycles. The van der Waals surface area contributed by atoms with Gasteiger partial charge in [0, 0.05) is 24.7 Å². The van der Waals surface area contributed by atoms with E-state index < -0.39 is 6.10 Å². The van der Waals surface area contributed by atoms with Crippen molar-refractivity contribution in [1.29, 1.82) is 0 Å². The maximum Gasteiger partial charge on any atom is 0.0938 e. The van der Waals surface area contributed by atoms with E-state index in [-0.39, 0.29) is 6.04 Å². The van der Waals surface area contributed by atoms with Crippen molar-refractivity contribution in [3.8, 4) is 0 Å². The maximum atomic E-state index is 9.96. The van der Waals surface area contributed by atoms with Gasteiger partial charge in [-0.25, -0.2) is 0 Å². The summed E-state index contributed by atoms with van der Waals surface area (Å²) in [6.07, 6.45) is 1.43. The molecule has 3 nitrogen and oxygen atoms in total. The third-order valence-electron chi connectivity index (χ3n) is 3.02. The van der Waals surface area contributed by atoms with Crippen molar-refractivity contribution in [2.75, 3.05) is 0 Å². The molecule has 0 aliphatic heterocycles. The largest absolute Gasteiger partial charge is 0.387 e. The van der Waals surface area contributed by atoms with Gasteiger partial charge in [-0.15, -0.1) is 0 Å². The van der Waals surface area contributed by atoms with Crippen molar-refractivity contribution >= 4 is 10.9 Å². The second kappa shape index (κ2) is 3.92. The van der Waals surface area contributed by atoms with Gasteiger partial charge in [0.05, 0.1) is 11.6 Å². The summed E-state index contributed by atoms with van der Waals surface area (Å²) in [5.41, 5.74) is 8.98. The Balaban J connectivity index is 2.58. The number of aromatic nitrogens is 1. The minimum absolute atomic E-state index is 0.249. The molecule has 3 N–H and O–H groups in total. The lowest BCUT2D eigenvalue weighted by atomic mass is 10.00. The van der Waals surface area contributed by atoms with Crippen LogP contribution in [0, 0.1) is 6.92 Å². The van der Waals surface area contributed by atoms with Crippen LogP contribution in [0.2, 0.25) is 0 Å². The van der Waals surface area contributed by atoms with Crippen LogP contribution in [0.3, 0.4) is 0 Å². The molecule has 1 aromatic heterocycles. The quantitative estimate of drug-likeness (QED) is 0.808. The second-order valence-electron chi connectivity index (χ2n) is 4.51. The summed E-state index contributed by atoms with van der Waals surface area (Å²) in [6.45, 7) is 3.87. The normalized spacial score (nSPS) is 15.3. The Morgan fingerprint density at radius 2 is 2.06 bits per heavy atom. The molecule has 0 spiro atoms. The molecule has 0 amide bonds. The Bertz CT molecular complexity index is 514. The van der Waals surface area contributed by atoms with E-state index in [0.29, 0.717) is 0 Å². The SMILES string of the molecule is Cc1cc(C(O)C(C)N)cc2ccn(C)c12. The van der Waals surface area contributed by atoms with Gasteiger partial charge < -0.3 is 15.4 Å². The average molecular weight is 218 g/mol. The van der Waals surface area contributed by atoms with Crippen molar-refractivity contribution in [2.24, 2.45) is 12.8 Å². The highest BCUT2D eigenvalue weighted by atomic mass is 16.3. The predicted molar refractivity (Wildman–Crippen MR) is 66.3 cm³/mol.